The van der Waals surface area contributed by atoms with E-state index in [4.69, 9.17) is 0 Å². The van der Waals surface area contributed by atoms with Crippen molar-refractivity contribution >= 4 is 0 Å². The minimum atomic E-state index is -0.497. The maximum Gasteiger partial charge on any atom is 0.130 e. The fourth-order valence-corrected chi connectivity index (χ4v) is 1.67. The van der Waals surface area contributed by atoms with Gasteiger partial charge in [0.1, 0.15) is 11.6 Å². The van der Waals surface area contributed by atoms with E-state index < -0.39 is 11.6 Å². The highest BCUT2D eigenvalue weighted by molar-refractivity contribution is 5.25. The van der Waals surface area contributed by atoms with Crippen molar-refractivity contribution in [1.82, 2.24) is 10.6 Å². The Labute approximate surface area is 114 Å². The van der Waals surface area contributed by atoms with Crippen molar-refractivity contribution in [1.29, 1.82) is 0 Å². The summed E-state index contributed by atoms with van der Waals surface area (Å²) in [6.07, 6.45) is 0. The zero-order valence-electron chi connectivity index (χ0n) is 12.4. The Hall–Kier alpha value is -1.00. The first-order chi connectivity index (χ1) is 8.69. The Kier molecular flexibility index (Phi) is 5.44. The van der Waals surface area contributed by atoms with Crippen LogP contribution in [0.25, 0.3) is 0 Å². The molecule has 0 aliphatic carbocycles. The minimum Gasteiger partial charge on any atom is -0.311 e. The van der Waals surface area contributed by atoms with Gasteiger partial charge in [0.2, 0.25) is 0 Å². The summed E-state index contributed by atoms with van der Waals surface area (Å²) in [7, 11) is 0. The first-order valence-corrected chi connectivity index (χ1v) is 6.62. The molecule has 0 amide bonds. The molecule has 0 spiro atoms. The van der Waals surface area contributed by atoms with Crippen LogP contribution in [0.4, 0.5) is 8.78 Å². The van der Waals surface area contributed by atoms with Crippen molar-refractivity contribution in [3.63, 3.8) is 0 Å². The van der Waals surface area contributed by atoms with Gasteiger partial charge in [0, 0.05) is 36.3 Å². The summed E-state index contributed by atoms with van der Waals surface area (Å²) >= 11 is 0. The van der Waals surface area contributed by atoms with E-state index in [1.807, 2.05) is 6.92 Å². The van der Waals surface area contributed by atoms with E-state index in [0.717, 1.165) is 12.6 Å². The monoisotopic (exact) mass is 270 g/mol. The molecule has 1 rings (SSSR count). The number of hydrogen-bond acceptors (Lipinski definition) is 2. The molecule has 0 saturated heterocycles. The number of rotatable bonds is 5. The highest BCUT2D eigenvalue weighted by Gasteiger charge is 2.12. The number of aryl methyl sites for hydroxylation is 1. The summed E-state index contributed by atoms with van der Waals surface area (Å²) in [6, 6.07) is 2.72. The summed E-state index contributed by atoms with van der Waals surface area (Å²) in [5.41, 5.74) is 1.04. The van der Waals surface area contributed by atoms with Crippen LogP contribution in [-0.2, 0) is 6.54 Å². The summed E-state index contributed by atoms with van der Waals surface area (Å²) in [5, 5.41) is 6.61. The van der Waals surface area contributed by atoms with Crippen LogP contribution in [-0.4, -0.2) is 18.1 Å². The summed E-state index contributed by atoms with van der Waals surface area (Å²) in [5.74, 6) is -0.990. The molecule has 2 nitrogen and oxygen atoms in total. The Morgan fingerprint density at radius 3 is 2.37 bits per heavy atom. The second-order valence-corrected chi connectivity index (χ2v) is 6.11. The lowest BCUT2D eigenvalue weighted by molar-refractivity contribution is 0.386. The lowest BCUT2D eigenvalue weighted by atomic mass is 10.1. The average Bonchev–Trinajstić information content (AvgIpc) is 2.28. The van der Waals surface area contributed by atoms with Gasteiger partial charge in [-0.25, -0.2) is 8.78 Å². The molecule has 0 bridgehead atoms. The van der Waals surface area contributed by atoms with E-state index in [1.165, 1.54) is 0 Å². The molecule has 1 atom stereocenters. The molecule has 4 heteroatoms. The SMILES string of the molecule is Cc1cc(CNC(C)CNC(C)(C)C)c(F)cc1F. The highest BCUT2D eigenvalue weighted by Crippen LogP contribution is 2.14. The molecule has 0 aromatic heterocycles. The highest BCUT2D eigenvalue weighted by atomic mass is 19.1. The van der Waals surface area contributed by atoms with Crippen molar-refractivity contribution in [2.24, 2.45) is 0 Å². The van der Waals surface area contributed by atoms with E-state index in [1.54, 1.807) is 13.0 Å². The van der Waals surface area contributed by atoms with Gasteiger partial charge in [0.15, 0.2) is 0 Å². The predicted octanol–water partition coefficient (Wildman–Crippen LogP) is 3.14. The molecule has 0 aliphatic rings. The molecular formula is C15H24F2N2. The molecule has 2 N–H and O–H groups in total. The molecule has 0 radical (unpaired) electrons. The first-order valence-electron chi connectivity index (χ1n) is 6.62. The lowest BCUT2D eigenvalue weighted by Crippen LogP contribution is -2.44. The van der Waals surface area contributed by atoms with Gasteiger partial charge < -0.3 is 10.6 Å². The zero-order chi connectivity index (χ0) is 14.6. The number of benzene rings is 1. The van der Waals surface area contributed by atoms with Crippen LogP contribution in [0.15, 0.2) is 12.1 Å². The smallest absolute Gasteiger partial charge is 0.130 e. The van der Waals surface area contributed by atoms with Crippen LogP contribution >= 0.6 is 0 Å². The third-order valence-electron chi connectivity index (χ3n) is 2.91. The van der Waals surface area contributed by atoms with Gasteiger partial charge in [0.25, 0.3) is 0 Å². The van der Waals surface area contributed by atoms with Gasteiger partial charge in [-0.1, -0.05) is 0 Å². The maximum absolute atomic E-state index is 13.6. The van der Waals surface area contributed by atoms with Gasteiger partial charge in [-0.15, -0.1) is 0 Å². The topological polar surface area (TPSA) is 24.1 Å². The third kappa shape index (κ3) is 5.66. The molecular weight excluding hydrogens is 246 g/mol. The molecule has 1 aromatic rings. The van der Waals surface area contributed by atoms with Crippen molar-refractivity contribution in [3.8, 4) is 0 Å². The third-order valence-corrected chi connectivity index (χ3v) is 2.91. The number of hydrogen-bond donors (Lipinski definition) is 2. The van der Waals surface area contributed by atoms with Crippen LogP contribution < -0.4 is 10.6 Å². The summed E-state index contributed by atoms with van der Waals surface area (Å²) < 4.78 is 26.7. The van der Waals surface area contributed by atoms with Gasteiger partial charge >= 0.3 is 0 Å². The minimum absolute atomic E-state index is 0.0631. The Morgan fingerprint density at radius 2 is 1.79 bits per heavy atom. The lowest BCUT2D eigenvalue weighted by Gasteiger charge is -2.24. The molecule has 1 unspecified atom stereocenters. The van der Waals surface area contributed by atoms with E-state index in [-0.39, 0.29) is 11.6 Å². The quantitative estimate of drug-likeness (QED) is 0.859. The fourth-order valence-electron chi connectivity index (χ4n) is 1.67. The Balaban J connectivity index is 2.51. The van der Waals surface area contributed by atoms with E-state index >= 15 is 0 Å². The maximum atomic E-state index is 13.6. The second-order valence-electron chi connectivity index (χ2n) is 6.11. The van der Waals surface area contributed by atoms with Crippen molar-refractivity contribution < 1.29 is 8.78 Å². The summed E-state index contributed by atoms with van der Waals surface area (Å²) in [6.45, 7) is 11.2. The van der Waals surface area contributed by atoms with Crippen LogP contribution in [0.5, 0.6) is 0 Å². The van der Waals surface area contributed by atoms with Gasteiger partial charge in [0.05, 0.1) is 0 Å². The Morgan fingerprint density at radius 1 is 1.16 bits per heavy atom. The Bertz CT molecular complexity index is 425. The summed E-state index contributed by atoms with van der Waals surface area (Å²) in [4.78, 5) is 0. The molecule has 0 saturated carbocycles. The molecule has 0 fully saturated rings. The van der Waals surface area contributed by atoms with Gasteiger partial charge in [-0.05, 0) is 46.2 Å². The van der Waals surface area contributed by atoms with Crippen LogP contribution in [0.3, 0.4) is 0 Å². The largest absolute Gasteiger partial charge is 0.311 e. The van der Waals surface area contributed by atoms with E-state index in [9.17, 15) is 8.78 Å². The molecule has 19 heavy (non-hydrogen) atoms. The number of nitrogens with one attached hydrogen (secondary N) is 2. The molecule has 0 heterocycles. The molecule has 0 aliphatic heterocycles. The van der Waals surface area contributed by atoms with E-state index in [0.29, 0.717) is 17.7 Å². The average molecular weight is 270 g/mol. The molecule has 108 valence electrons. The molecule has 1 aromatic carbocycles. The van der Waals surface area contributed by atoms with Gasteiger partial charge in [-0.2, -0.15) is 0 Å². The number of halogens is 2. The predicted molar refractivity (Wildman–Crippen MR) is 75.2 cm³/mol. The standard InChI is InChI=1S/C15H24F2N2/c1-10-6-12(14(17)7-13(10)16)9-18-11(2)8-19-15(3,4)5/h6-7,11,18-19H,8-9H2,1-5H3. The fraction of sp³-hybridized carbons (Fsp3) is 0.600. The van der Waals surface area contributed by atoms with Crippen LogP contribution in [0.2, 0.25) is 0 Å². The first kappa shape index (κ1) is 16.1. The van der Waals surface area contributed by atoms with Crippen molar-refractivity contribution in [3.05, 3.63) is 34.9 Å². The van der Waals surface area contributed by atoms with Crippen LogP contribution in [0.1, 0.15) is 38.8 Å². The van der Waals surface area contributed by atoms with Crippen LogP contribution in [0, 0.1) is 18.6 Å². The van der Waals surface area contributed by atoms with Crippen molar-refractivity contribution in [2.45, 2.75) is 52.7 Å². The van der Waals surface area contributed by atoms with Crippen molar-refractivity contribution in [2.75, 3.05) is 6.54 Å². The zero-order valence-corrected chi connectivity index (χ0v) is 12.4. The van der Waals surface area contributed by atoms with E-state index in [2.05, 4.69) is 31.4 Å². The second kappa shape index (κ2) is 6.44. The normalized spacial score (nSPS) is 13.6. The van der Waals surface area contributed by atoms with Gasteiger partial charge in [-0.3, -0.25) is 0 Å².